The van der Waals surface area contributed by atoms with E-state index in [4.69, 9.17) is 0 Å². The molecule has 0 aromatic heterocycles. The summed E-state index contributed by atoms with van der Waals surface area (Å²) in [5, 5.41) is 0. The first kappa shape index (κ1) is 11.7. The van der Waals surface area contributed by atoms with E-state index in [1.54, 1.807) is 0 Å². The van der Waals surface area contributed by atoms with Crippen molar-refractivity contribution in [1.29, 1.82) is 0 Å². The molecule has 1 aromatic rings. The fourth-order valence-electron chi connectivity index (χ4n) is 1.42. The average Bonchev–Trinajstić information content (AvgIpc) is 2.17. The van der Waals surface area contributed by atoms with Crippen LogP contribution in [0.25, 0.3) is 5.57 Å². The van der Waals surface area contributed by atoms with Gasteiger partial charge < -0.3 is 4.90 Å². The van der Waals surface area contributed by atoms with Gasteiger partial charge >= 0.3 is 0 Å². The van der Waals surface area contributed by atoms with Gasteiger partial charge in [-0.1, -0.05) is 30.3 Å². The molecule has 1 rings (SSSR count). The number of benzene rings is 1. The van der Waals surface area contributed by atoms with Gasteiger partial charge in [0, 0.05) is 6.54 Å². The molecule has 1 aromatic carbocycles. The molecular weight excluding hydrogens is 184 g/mol. The molecule has 0 aliphatic rings. The number of hydrogen-bond acceptors (Lipinski definition) is 1. The van der Waals surface area contributed by atoms with E-state index in [2.05, 4.69) is 49.1 Å². The van der Waals surface area contributed by atoms with Gasteiger partial charge in [-0.2, -0.15) is 4.58 Å². The van der Waals surface area contributed by atoms with Crippen LogP contribution in [0.3, 0.4) is 0 Å². The van der Waals surface area contributed by atoms with E-state index in [9.17, 15) is 0 Å². The molecule has 0 saturated heterocycles. The molecule has 15 heavy (non-hydrogen) atoms. The molecule has 2 nitrogen and oxygen atoms in total. The van der Waals surface area contributed by atoms with E-state index in [0.717, 1.165) is 6.54 Å². The molecule has 0 bridgehead atoms. The second-order valence-electron chi connectivity index (χ2n) is 4.09. The van der Waals surface area contributed by atoms with Crippen molar-refractivity contribution in [3.63, 3.8) is 0 Å². The van der Waals surface area contributed by atoms with E-state index in [1.807, 2.05) is 24.7 Å². The summed E-state index contributed by atoms with van der Waals surface area (Å²) in [5.74, 6) is 3.34. The van der Waals surface area contributed by atoms with Gasteiger partial charge in [-0.25, -0.2) is 0 Å². The molecule has 0 heterocycles. The third kappa shape index (κ3) is 4.11. The fraction of sp³-hybridized carbons (Fsp3) is 0.385. The Morgan fingerprint density at radius 2 is 1.80 bits per heavy atom. The predicted octanol–water partition coefficient (Wildman–Crippen LogP) is 1.57. The predicted molar refractivity (Wildman–Crippen MR) is 65.5 cm³/mol. The Hall–Kier alpha value is -1.37. The lowest BCUT2D eigenvalue weighted by molar-refractivity contribution is -0.456. The minimum atomic E-state index is 0.905. The monoisotopic (exact) mass is 203 g/mol. The smallest absolute Gasteiger partial charge is 0.172 e. The van der Waals surface area contributed by atoms with E-state index < -0.39 is 0 Å². The Bertz CT molecular complexity index is 367. The quantitative estimate of drug-likeness (QED) is 0.534. The van der Waals surface area contributed by atoms with Crippen LogP contribution in [0.2, 0.25) is 0 Å². The maximum Gasteiger partial charge on any atom is 0.172 e. The van der Waals surface area contributed by atoms with Crippen molar-refractivity contribution in [2.24, 2.45) is 0 Å². The molecular formula is C13H19N2+. The maximum atomic E-state index is 3.34. The van der Waals surface area contributed by atoms with Crippen molar-refractivity contribution in [2.45, 2.75) is 0 Å². The zero-order chi connectivity index (χ0) is 11.3. The van der Waals surface area contributed by atoms with Crippen molar-refractivity contribution in [3.8, 4) is 0 Å². The maximum absolute atomic E-state index is 3.34. The lowest BCUT2D eigenvalue weighted by Crippen LogP contribution is -2.15. The van der Waals surface area contributed by atoms with Crippen LogP contribution in [0, 0.1) is 0 Å². The highest BCUT2D eigenvalue weighted by atomic mass is 15.1. The van der Waals surface area contributed by atoms with Crippen LogP contribution < -0.4 is 0 Å². The van der Waals surface area contributed by atoms with E-state index in [0.29, 0.717) is 0 Å². The summed E-state index contributed by atoms with van der Waals surface area (Å²) < 4.78 is 1.96. The Morgan fingerprint density at radius 3 is 2.27 bits per heavy atom. The molecule has 0 saturated carbocycles. The lowest BCUT2D eigenvalue weighted by atomic mass is 10.1. The first-order valence-electron chi connectivity index (χ1n) is 5.09. The minimum absolute atomic E-state index is 0.905. The number of rotatable bonds is 3. The molecule has 0 radical (unpaired) electrons. The van der Waals surface area contributed by atoms with Crippen LogP contribution in [-0.2, 0) is 0 Å². The summed E-state index contributed by atoms with van der Waals surface area (Å²) in [5.41, 5.74) is 2.45. The molecule has 0 spiro atoms. The highest BCUT2D eigenvalue weighted by molar-refractivity contribution is 5.88. The van der Waals surface area contributed by atoms with Crippen molar-refractivity contribution in [3.05, 3.63) is 35.9 Å². The zero-order valence-corrected chi connectivity index (χ0v) is 9.99. The topological polar surface area (TPSA) is 6.25 Å². The SMILES string of the molecule is CN(C)CC(=C=[N+](C)C)c1ccccc1. The molecule has 0 unspecified atom stereocenters. The normalized spacial score (nSPS) is 9.93. The molecule has 0 fully saturated rings. The number of nitrogens with zero attached hydrogens (tertiary/aromatic N) is 2. The van der Waals surface area contributed by atoms with Gasteiger partial charge in [0.1, 0.15) is 14.1 Å². The molecule has 0 aliphatic carbocycles. The van der Waals surface area contributed by atoms with Gasteiger partial charge in [0.05, 0.1) is 5.57 Å². The van der Waals surface area contributed by atoms with Crippen LogP contribution >= 0.6 is 0 Å². The van der Waals surface area contributed by atoms with Crippen LogP contribution in [0.15, 0.2) is 30.3 Å². The van der Waals surface area contributed by atoms with Crippen LogP contribution in [0.4, 0.5) is 0 Å². The molecule has 0 atom stereocenters. The third-order valence-corrected chi connectivity index (χ3v) is 1.96. The molecule has 0 amide bonds. The van der Waals surface area contributed by atoms with Gasteiger partial charge in [-0.15, -0.1) is 0 Å². The number of hydrogen-bond donors (Lipinski definition) is 0. The van der Waals surface area contributed by atoms with Gasteiger partial charge in [-0.3, -0.25) is 0 Å². The Morgan fingerprint density at radius 1 is 1.20 bits per heavy atom. The van der Waals surface area contributed by atoms with Gasteiger partial charge in [0.15, 0.2) is 5.87 Å². The summed E-state index contributed by atoms with van der Waals surface area (Å²) in [6.07, 6.45) is 0. The average molecular weight is 203 g/mol. The molecule has 0 N–H and O–H groups in total. The van der Waals surface area contributed by atoms with Crippen LogP contribution in [0.5, 0.6) is 0 Å². The van der Waals surface area contributed by atoms with Crippen LogP contribution in [0.1, 0.15) is 5.56 Å². The lowest BCUT2D eigenvalue weighted by Gasteiger charge is -2.09. The molecule has 2 heteroatoms. The minimum Gasteiger partial charge on any atom is -0.304 e. The van der Waals surface area contributed by atoms with Crippen molar-refractivity contribution in [2.75, 3.05) is 34.7 Å². The fourth-order valence-corrected chi connectivity index (χ4v) is 1.42. The second kappa shape index (κ2) is 5.50. The van der Waals surface area contributed by atoms with Gasteiger partial charge in [0.25, 0.3) is 0 Å². The van der Waals surface area contributed by atoms with E-state index in [1.165, 1.54) is 11.1 Å². The highest BCUT2D eigenvalue weighted by Crippen LogP contribution is 2.10. The summed E-state index contributed by atoms with van der Waals surface area (Å²) in [6, 6.07) is 10.4. The Kier molecular flexibility index (Phi) is 4.29. The zero-order valence-electron chi connectivity index (χ0n) is 9.99. The van der Waals surface area contributed by atoms with Crippen molar-refractivity contribution >= 4 is 11.4 Å². The summed E-state index contributed by atoms with van der Waals surface area (Å²) in [7, 11) is 8.14. The van der Waals surface area contributed by atoms with Gasteiger partial charge in [0.2, 0.25) is 0 Å². The van der Waals surface area contributed by atoms with Crippen molar-refractivity contribution < 1.29 is 4.58 Å². The van der Waals surface area contributed by atoms with E-state index >= 15 is 0 Å². The number of likely N-dealkylation sites (N-methyl/N-ethyl adjacent to an activating group) is 1. The van der Waals surface area contributed by atoms with Crippen LogP contribution in [-0.4, -0.2) is 50.1 Å². The summed E-state index contributed by atoms with van der Waals surface area (Å²) >= 11 is 0. The molecule has 80 valence electrons. The molecule has 0 aliphatic heterocycles. The third-order valence-electron chi connectivity index (χ3n) is 1.96. The summed E-state index contributed by atoms with van der Waals surface area (Å²) in [4.78, 5) is 2.15. The largest absolute Gasteiger partial charge is 0.304 e. The Labute approximate surface area is 92.2 Å². The van der Waals surface area contributed by atoms with Gasteiger partial charge in [-0.05, 0) is 19.7 Å². The second-order valence-corrected chi connectivity index (χ2v) is 4.09. The Balaban J connectivity index is 3.09. The highest BCUT2D eigenvalue weighted by Gasteiger charge is 2.04. The van der Waals surface area contributed by atoms with E-state index in [-0.39, 0.29) is 0 Å². The van der Waals surface area contributed by atoms with Crippen molar-refractivity contribution in [1.82, 2.24) is 4.90 Å². The standard InChI is InChI=1S/C13H19N2/c1-14(2)10-13(11-15(3)4)12-8-6-5-7-9-12/h5-9H,10H2,1-4H3/q+1. The summed E-state index contributed by atoms with van der Waals surface area (Å²) in [6.45, 7) is 0.905. The first-order chi connectivity index (χ1) is 7.09. The first-order valence-corrected chi connectivity index (χ1v) is 5.09.